The summed E-state index contributed by atoms with van der Waals surface area (Å²) in [5, 5.41) is 4.74. The maximum absolute atomic E-state index is 13.5. The van der Waals surface area contributed by atoms with Crippen molar-refractivity contribution < 1.29 is 9.59 Å². The fourth-order valence-corrected chi connectivity index (χ4v) is 7.56. The third kappa shape index (κ3) is 6.26. The highest BCUT2D eigenvalue weighted by molar-refractivity contribution is 6.36. The summed E-state index contributed by atoms with van der Waals surface area (Å²) in [5.74, 6) is -0.454. The van der Waals surface area contributed by atoms with Gasteiger partial charge >= 0.3 is 0 Å². The predicted molar refractivity (Wildman–Crippen MR) is 157 cm³/mol. The van der Waals surface area contributed by atoms with Crippen LogP contribution >= 0.6 is 11.6 Å². The number of nitrogens with two attached hydrogens (primary N) is 1. The third-order valence-corrected chi connectivity index (χ3v) is 9.52. The molecule has 3 atom stereocenters. The first-order valence-corrected chi connectivity index (χ1v) is 15.4. The molecule has 1 aromatic heterocycles. The molecule has 2 fully saturated rings. The molecule has 0 spiro atoms. The number of rotatable bonds is 9. The Balaban J connectivity index is 1.54. The first-order valence-electron chi connectivity index (χ1n) is 15.0. The fraction of sp³-hybridized carbons (Fsp3) is 0.645. The Morgan fingerprint density at radius 1 is 1.08 bits per heavy atom. The number of aromatic nitrogens is 1. The Bertz CT molecular complexity index is 1200. The summed E-state index contributed by atoms with van der Waals surface area (Å²) in [5.41, 5.74) is 10.2. The van der Waals surface area contributed by atoms with Gasteiger partial charge in [0, 0.05) is 47.7 Å². The van der Waals surface area contributed by atoms with Gasteiger partial charge in [0.25, 0.3) is 5.91 Å². The minimum atomic E-state index is -0.350. The number of likely N-dealkylation sites (tertiary alicyclic amines) is 2. The van der Waals surface area contributed by atoms with Crippen molar-refractivity contribution in [3.63, 3.8) is 0 Å². The molecule has 3 aliphatic rings. The van der Waals surface area contributed by atoms with Crippen LogP contribution in [-0.4, -0.2) is 64.9 Å². The van der Waals surface area contributed by atoms with E-state index in [-0.39, 0.29) is 24.3 Å². The number of carbonyl (C=O) groups is 2. The molecule has 8 heteroatoms. The number of halogens is 1. The van der Waals surface area contributed by atoms with Gasteiger partial charge in [0.2, 0.25) is 5.91 Å². The van der Waals surface area contributed by atoms with Crippen LogP contribution in [0.5, 0.6) is 0 Å². The molecule has 0 radical (unpaired) electrons. The van der Waals surface area contributed by atoms with Crippen molar-refractivity contribution in [1.82, 2.24) is 20.1 Å². The zero-order valence-corrected chi connectivity index (χ0v) is 24.4. The molecule has 3 heterocycles. The Hall–Kier alpha value is -2.22. The third-order valence-electron chi connectivity index (χ3n) is 9.10. The highest BCUT2D eigenvalue weighted by Gasteiger charge is 2.35. The maximum Gasteiger partial charge on any atom is 0.251 e. The number of fused-ring (bicyclic) bond motifs is 2. The largest absolute Gasteiger partial charge is 0.370 e. The quantitative estimate of drug-likeness (QED) is 0.418. The molecule has 212 valence electrons. The molecular formula is C31H44ClN5O2. The molecule has 2 aliphatic heterocycles. The minimum Gasteiger partial charge on any atom is -0.370 e. The van der Waals surface area contributed by atoms with Gasteiger partial charge < -0.3 is 16.0 Å². The van der Waals surface area contributed by atoms with Crippen LogP contribution in [0.1, 0.15) is 105 Å². The maximum atomic E-state index is 13.5. The van der Waals surface area contributed by atoms with Crippen LogP contribution in [0.25, 0.3) is 10.9 Å². The fourth-order valence-electron chi connectivity index (χ4n) is 7.15. The molecule has 5 rings (SSSR count). The summed E-state index contributed by atoms with van der Waals surface area (Å²) in [7, 11) is 0. The normalized spacial score (nSPS) is 23.1. The van der Waals surface area contributed by atoms with Crippen molar-refractivity contribution in [3.05, 3.63) is 39.5 Å². The highest BCUT2D eigenvalue weighted by Crippen LogP contribution is 2.42. The number of amides is 2. The lowest BCUT2D eigenvalue weighted by molar-refractivity contribution is -0.120. The topological polar surface area (TPSA) is 91.6 Å². The van der Waals surface area contributed by atoms with Gasteiger partial charge in [-0.3, -0.25) is 19.5 Å². The van der Waals surface area contributed by atoms with Gasteiger partial charge in [0.05, 0.1) is 10.5 Å². The summed E-state index contributed by atoms with van der Waals surface area (Å²) in [6, 6.07) is 4.17. The number of hydrogen-bond donors (Lipinski definition) is 2. The Morgan fingerprint density at radius 2 is 1.79 bits per heavy atom. The van der Waals surface area contributed by atoms with E-state index in [0.29, 0.717) is 24.2 Å². The van der Waals surface area contributed by atoms with E-state index >= 15 is 0 Å². The van der Waals surface area contributed by atoms with Gasteiger partial charge in [-0.2, -0.15) is 0 Å². The second-order valence-electron chi connectivity index (χ2n) is 11.9. The SMILES string of the molecule is CC1CCCC(C)N1C(CC(N)=O)c1cc(C(=O)NCCCN2CCCC2)cc2nc3c(c(Cl)c12)CCCC3. The summed E-state index contributed by atoms with van der Waals surface area (Å²) in [4.78, 5) is 35.9. The Labute approximate surface area is 237 Å². The standard InChI is InChI=1S/C31H44ClN5O2/c1-20-9-7-10-21(2)37(20)27(19-28(33)38)24-17-22(31(39)34-13-8-16-36-14-5-6-15-36)18-26-29(24)30(32)23-11-3-4-12-25(23)35-26/h17-18,20-21,27H,3-16,19H2,1-2H3,(H2,33,38)(H,34,39). The summed E-state index contributed by atoms with van der Waals surface area (Å²) < 4.78 is 0. The van der Waals surface area contributed by atoms with Crippen LogP contribution in [0, 0.1) is 0 Å². The van der Waals surface area contributed by atoms with Gasteiger partial charge in [-0.05, 0) is 115 Å². The molecular weight excluding hydrogens is 510 g/mol. The Morgan fingerprint density at radius 3 is 2.51 bits per heavy atom. The lowest BCUT2D eigenvalue weighted by Gasteiger charge is -2.44. The number of primary amides is 1. The first-order chi connectivity index (χ1) is 18.8. The molecule has 0 bridgehead atoms. The van der Waals surface area contributed by atoms with E-state index in [0.717, 1.165) is 97.3 Å². The molecule has 39 heavy (non-hydrogen) atoms. The van der Waals surface area contributed by atoms with Crippen LogP contribution < -0.4 is 11.1 Å². The van der Waals surface area contributed by atoms with E-state index in [9.17, 15) is 9.59 Å². The van der Waals surface area contributed by atoms with E-state index in [2.05, 4.69) is 29.0 Å². The number of pyridine rings is 1. The average Bonchev–Trinajstić information content (AvgIpc) is 3.43. The number of piperidine rings is 1. The second-order valence-corrected chi connectivity index (χ2v) is 12.3. The average molecular weight is 554 g/mol. The van der Waals surface area contributed by atoms with Crippen LogP contribution in [0.15, 0.2) is 12.1 Å². The molecule has 1 aromatic carbocycles. The smallest absolute Gasteiger partial charge is 0.251 e. The Kier molecular flexibility index (Phi) is 9.09. The van der Waals surface area contributed by atoms with Crippen molar-refractivity contribution in [2.24, 2.45) is 5.73 Å². The molecule has 2 saturated heterocycles. The lowest BCUT2D eigenvalue weighted by atomic mass is 9.87. The van der Waals surface area contributed by atoms with Crippen LogP contribution in [0.4, 0.5) is 0 Å². The van der Waals surface area contributed by atoms with Gasteiger partial charge in [-0.25, -0.2) is 0 Å². The van der Waals surface area contributed by atoms with Crippen molar-refractivity contribution >= 4 is 34.3 Å². The molecule has 2 aromatic rings. The number of nitrogens with one attached hydrogen (secondary N) is 1. The highest BCUT2D eigenvalue weighted by atomic mass is 35.5. The molecule has 0 saturated carbocycles. The lowest BCUT2D eigenvalue weighted by Crippen LogP contribution is -2.47. The molecule has 1 aliphatic carbocycles. The van der Waals surface area contributed by atoms with Gasteiger partial charge in [0.1, 0.15) is 0 Å². The summed E-state index contributed by atoms with van der Waals surface area (Å²) in [6.45, 7) is 8.42. The van der Waals surface area contributed by atoms with Crippen molar-refractivity contribution in [3.8, 4) is 0 Å². The minimum absolute atomic E-state index is 0.104. The first kappa shape index (κ1) is 28.3. The van der Waals surface area contributed by atoms with E-state index in [4.69, 9.17) is 22.3 Å². The number of nitrogens with zero attached hydrogens (tertiary/aromatic N) is 3. The summed E-state index contributed by atoms with van der Waals surface area (Å²) in [6.07, 6.45) is 10.9. The summed E-state index contributed by atoms with van der Waals surface area (Å²) >= 11 is 7.17. The van der Waals surface area contributed by atoms with E-state index in [1.165, 1.54) is 19.3 Å². The van der Waals surface area contributed by atoms with Gasteiger partial charge in [-0.15, -0.1) is 0 Å². The number of hydrogen-bond acceptors (Lipinski definition) is 5. The molecule has 7 nitrogen and oxygen atoms in total. The zero-order valence-electron chi connectivity index (χ0n) is 23.6. The predicted octanol–water partition coefficient (Wildman–Crippen LogP) is 5.16. The van der Waals surface area contributed by atoms with E-state index in [1.807, 2.05) is 12.1 Å². The van der Waals surface area contributed by atoms with Crippen LogP contribution in [0.2, 0.25) is 5.02 Å². The van der Waals surface area contributed by atoms with Gasteiger partial charge in [0.15, 0.2) is 0 Å². The van der Waals surface area contributed by atoms with Crippen LogP contribution in [0.3, 0.4) is 0 Å². The van der Waals surface area contributed by atoms with E-state index in [1.54, 1.807) is 0 Å². The second kappa shape index (κ2) is 12.5. The van der Waals surface area contributed by atoms with Gasteiger partial charge in [-0.1, -0.05) is 18.0 Å². The van der Waals surface area contributed by atoms with Crippen molar-refractivity contribution in [2.75, 3.05) is 26.2 Å². The number of aryl methyl sites for hydroxylation is 1. The van der Waals surface area contributed by atoms with E-state index < -0.39 is 0 Å². The van der Waals surface area contributed by atoms with Crippen molar-refractivity contribution in [2.45, 2.75) is 103 Å². The monoisotopic (exact) mass is 553 g/mol. The molecule has 3 unspecified atom stereocenters. The molecule has 2 amide bonds. The van der Waals surface area contributed by atoms with Crippen molar-refractivity contribution in [1.29, 1.82) is 0 Å². The molecule has 3 N–H and O–H groups in total. The van der Waals surface area contributed by atoms with Crippen LogP contribution in [-0.2, 0) is 17.6 Å². The zero-order chi connectivity index (χ0) is 27.5. The number of benzene rings is 1. The number of carbonyl (C=O) groups excluding carboxylic acids is 2.